The molecule has 1 heterocycles. The van der Waals surface area contributed by atoms with Crippen LogP contribution in [0.5, 0.6) is 0 Å². The van der Waals surface area contributed by atoms with Crippen molar-refractivity contribution in [2.24, 2.45) is 0 Å². The summed E-state index contributed by atoms with van der Waals surface area (Å²) in [6.07, 6.45) is 3.00. The molecule has 0 atom stereocenters. The lowest BCUT2D eigenvalue weighted by molar-refractivity contribution is 0.0948. The van der Waals surface area contributed by atoms with Crippen molar-refractivity contribution in [1.29, 1.82) is 0 Å². The quantitative estimate of drug-likeness (QED) is 0.293. The predicted octanol–water partition coefficient (Wildman–Crippen LogP) is 6.85. The van der Waals surface area contributed by atoms with Gasteiger partial charge in [-0.15, -0.1) is 0 Å². The van der Waals surface area contributed by atoms with Gasteiger partial charge in [0.05, 0.1) is 0 Å². The van der Waals surface area contributed by atoms with E-state index in [1.165, 1.54) is 35.1 Å². The van der Waals surface area contributed by atoms with E-state index in [1.807, 2.05) is 6.07 Å². The van der Waals surface area contributed by atoms with Crippen molar-refractivity contribution < 1.29 is 14.0 Å². The minimum atomic E-state index is -0.312. The van der Waals surface area contributed by atoms with Crippen LogP contribution >= 0.6 is 0 Å². The Hall–Kier alpha value is -3.38. The van der Waals surface area contributed by atoms with Crippen LogP contribution in [0.3, 0.4) is 0 Å². The van der Waals surface area contributed by atoms with E-state index in [2.05, 4.69) is 76.1 Å². The van der Waals surface area contributed by atoms with E-state index in [4.69, 9.17) is 4.42 Å². The first-order valence-electron chi connectivity index (χ1n) is 14.6. The summed E-state index contributed by atoms with van der Waals surface area (Å²) in [6.45, 7) is 19.1. The van der Waals surface area contributed by atoms with Gasteiger partial charge in [-0.05, 0) is 102 Å². The number of nitrogens with one attached hydrogen (secondary N) is 2. The summed E-state index contributed by atoms with van der Waals surface area (Å²) in [5.41, 5.74) is 6.85. The Morgan fingerprint density at radius 3 is 2.12 bits per heavy atom. The van der Waals surface area contributed by atoms with Gasteiger partial charge in [-0.25, -0.2) is 0 Å². The van der Waals surface area contributed by atoms with E-state index in [0.29, 0.717) is 24.2 Å². The number of hydrogen-bond donors (Lipinski definition) is 2. The summed E-state index contributed by atoms with van der Waals surface area (Å²) in [4.78, 5) is 27.6. The molecule has 1 aliphatic carbocycles. The molecular weight excluding hydrogens is 498 g/mol. The standard InChI is InChI=1S/C34H45N3O3/c1-8-37(9-2)19-18-35-31(38)24-10-12-26(13-11-24)36-32(39)30-15-14-27(40-30)21-25-22-29-28(20-23(25)3)33(4,5)16-17-34(29,6)7/h10-15,20,22H,8-9,16-19,21H2,1-7H3,(H,35,38)(H,36,39). The summed E-state index contributed by atoms with van der Waals surface area (Å²) in [5.74, 6) is 0.598. The average molecular weight is 544 g/mol. The molecule has 0 saturated carbocycles. The Labute approximate surface area is 239 Å². The molecule has 1 aliphatic rings. The van der Waals surface area contributed by atoms with Crippen LogP contribution in [0, 0.1) is 6.92 Å². The smallest absolute Gasteiger partial charge is 0.291 e. The van der Waals surface area contributed by atoms with Gasteiger partial charge in [0, 0.05) is 30.8 Å². The zero-order valence-electron chi connectivity index (χ0n) is 25.2. The van der Waals surface area contributed by atoms with Gasteiger partial charge in [0.2, 0.25) is 0 Å². The van der Waals surface area contributed by atoms with Crippen molar-refractivity contribution in [3.05, 3.63) is 87.9 Å². The van der Waals surface area contributed by atoms with E-state index in [1.54, 1.807) is 30.3 Å². The van der Waals surface area contributed by atoms with Gasteiger partial charge in [-0.1, -0.05) is 53.7 Å². The molecule has 0 aliphatic heterocycles. The Balaban J connectivity index is 1.38. The Kier molecular flexibility index (Phi) is 8.89. The molecule has 2 amide bonds. The van der Waals surface area contributed by atoms with E-state index in [0.717, 1.165) is 25.4 Å². The second-order valence-electron chi connectivity index (χ2n) is 12.3. The van der Waals surface area contributed by atoms with Gasteiger partial charge in [0.15, 0.2) is 5.76 Å². The maximum atomic E-state index is 12.9. The normalized spacial score (nSPS) is 15.5. The number of rotatable bonds is 10. The minimum Gasteiger partial charge on any atom is -0.456 e. The summed E-state index contributed by atoms with van der Waals surface area (Å²) in [6, 6.07) is 15.2. The van der Waals surface area contributed by atoms with E-state index < -0.39 is 0 Å². The number of anilines is 1. The summed E-state index contributed by atoms with van der Waals surface area (Å²) >= 11 is 0. The molecule has 0 bridgehead atoms. The summed E-state index contributed by atoms with van der Waals surface area (Å²) in [7, 11) is 0. The van der Waals surface area contributed by atoms with Crippen LogP contribution in [0.1, 0.15) is 103 Å². The van der Waals surface area contributed by atoms with Gasteiger partial charge < -0.3 is 20.0 Å². The first kappa shape index (κ1) is 29.6. The van der Waals surface area contributed by atoms with Crippen LogP contribution in [-0.2, 0) is 17.3 Å². The van der Waals surface area contributed by atoms with Crippen LogP contribution in [0.25, 0.3) is 0 Å². The molecule has 4 rings (SSSR count). The number of carbonyl (C=O) groups is 2. The first-order valence-corrected chi connectivity index (χ1v) is 14.6. The zero-order chi connectivity index (χ0) is 29.1. The van der Waals surface area contributed by atoms with Gasteiger partial charge >= 0.3 is 0 Å². The van der Waals surface area contributed by atoms with E-state index in [9.17, 15) is 9.59 Å². The maximum Gasteiger partial charge on any atom is 0.291 e. The Morgan fingerprint density at radius 2 is 1.50 bits per heavy atom. The highest BCUT2D eigenvalue weighted by Crippen LogP contribution is 2.46. The van der Waals surface area contributed by atoms with Crippen molar-refractivity contribution in [3.63, 3.8) is 0 Å². The maximum absolute atomic E-state index is 12.9. The fourth-order valence-corrected chi connectivity index (χ4v) is 5.61. The topological polar surface area (TPSA) is 74.6 Å². The number of hydrogen-bond acceptors (Lipinski definition) is 4. The summed E-state index contributed by atoms with van der Waals surface area (Å²) < 4.78 is 5.98. The van der Waals surface area contributed by atoms with Gasteiger partial charge in [0.25, 0.3) is 11.8 Å². The van der Waals surface area contributed by atoms with Crippen LogP contribution < -0.4 is 10.6 Å². The Bertz CT molecular complexity index is 1350. The fraction of sp³-hybridized carbons (Fsp3) is 0.471. The van der Waals surface area contributed by atoms with Gasteiger partial charge in [-0.2, -0.15) is 0 Å². The largest absolute Gasteiger partial charge is 0.456 e. The highest BCUT2D eigenvalue weighted by molar-refractivity contribution is 6.02. The fourth-order valence-electron chi connectivity index (χ4n) is 5.61. The van der Waals surface area contributed by atoms with Crippen LogP contribution in [0.2, 0.25) is 0 Å². The molecule has 3 aromatic rings. The van der Waals surface area contributed by atoms with Crippen molar-refractivity contribution in [2.45, 2.75) is 78.6 Å². The third kappa shape index (κ3) is 6.67. The molecule has 0 fully saturated rings. The third-order valence-corrected chi connectivity index (χ3v) is 8.57. The average Bonchev–Trinajstić information content (AvgIpc) is 3.39. The lowest BCUT2D eigenvalue weighted by atomic mass is 9.62. The van der Waals surface area contributed by atoms with Crippen LogP contribution in [0.4, 0.5) is 5.69 Å². The molecular formula is C34H45N3O3. The predicted molar refractivity (Wildman–Crippen MR) is 162 cm³/mol. The highest BCUT2D eigenvalue weighted by Gasteiger charge is 2.37. The minimum absolute atomic E-state index is 0.120. The molecule has 6 nitrogen and oxygen atoms in total. The van der Waals surface area contributed by atoms with E-state index >= 15 is 0 Å². The summed E-state index contributed by atoms with van der Waals surface area (Å²) in [5, 5.41) is 5.83. The molecule has 214 valence electrons. The number of likely N-dealkylation sites (N-methyl/N-ethyl adjacent to an activating group) is 1. The monoisotopic (exact) mass is 543 g/mol. The molecule has 40 heavy (non-hydrogen) atoms. The molecule has 0 saturated heterocycles. The lowest BCUT2D eigenvalue weighted by Crippen LogP contribution is -2.34. The third-order valence-electron chi connectivity index (χ3n) is 8.57. The number of carbonyl (C=O) groups excluding carboxylic acids is 2. The highest BCUT2D eigenvalue weighted by atomic mass is 16.3. The van der Waals surface area contributed by atoms with Gasteiger partial charge in [0.1, 0.15) is 5.76 Å². The number of benzene rings is 2. The van der Waals surface area contributed by atoms with E-state index in [-0.39, 0.29) is 28.4 Å². The molecule has 1 aromatic heterocycles. The number of fused-ring (bicyclic) bond motifs is 1. The van der Waals surface area contributed by atoms with Gasteiger partial charge in [-0.3, -0.25) is 9.59 Å². The second kappa shape index (κ2) is 12.0. The Morgan fingerprint density at radius 1 is 0.875 bits per heavy atom. The molecule has 2 N–H and O–H groups in total. The van der Waals surface area contributed by atoms with Crippen molar-refractivity contribution >= 4 is 17.5 Å². The van der Waals surface area contributed by atoms with Crippen molar-refractivity contribution in [2.75, 3.05) is 31.5 Å². The molecule has 2 aromatic carbocycles. The number of amides is 2. The van der Waals surface area contributed by atoms with Crippen LogP contribution in [-0.4, -0.2) is 42.9 Å². The van der Waals surface area contributed by atoms with Crippen molar-refractivity contribution in [3.8, 4) is 0 Å². The molecule has 6 heteroatoms. The number of furan rings is 1. The molecule has 0 radical (unpaired) electrons. The molecule has 0 spiro atoms. The first-order chi connectivity index (χ1) is 18.9. The number of nitrogens with zero attached hydrogens (tertiary/aromatic N) is 1. The SMILES string of the molecule is CCN(CC)CCNC(=O)c1ccc(NC(=O)c2ccc(Cc3cc4c(cc3C)C(C)(C)CCC4(C)C)o2)cc1. The number of aryl methyl sites for hydroxylation is 1. The van der Waals surface area contributed by atoms with Crippen molar-refractivity contribution in [1.82, 2.24) is 10.2 Å². The zero-order valence-corrected chi connectivity index (χ0v) is 25.2. The second-order valence-corrected chi connectivity index (χ2v) is 12.3. The lowest BCUT2D eigenvalue weighted by Gasteiger charge is -2.42. The van der Waals surface area contributed by atoms with Crippen LogP contribution in [0.15, 0.2) is 52.9 Å². The molecule has 0 unspecified atom stereocenters.